The Hall–Kier alpha value is -2.97. The van der Waals surface area contributed by atoms with E-state index in [1.54, 1.807) is 17.2 Å². The van der Waals surface area contributed by atoms with E-state index in [4.69, 9.17) is 4.74 Å². The fourth-order valence-corrected chi connectivity index (χ4v) is 3.90. The highest BCUT2D eigenvalue weighted by molar-refractivity contribution is 5.94. The van der Waals surface area contributed by atoms with Crippen LogP contribution in [0.25, 0.3) is 0 Å². The maximum atomic E-state index is 12.8. The Balaban J connectivity index is 1.36. The summed E-state index contributed by atoms with van der Waals surface area (Å²) in [6.45, 7) is 2.10. The topological polar surface area (TPSA) is 104 Å². The molecular weight excluding hydrogens is 384 g/mol. The van der Waals surface area contributed by atoms with E-state index in [1.807, 2.05) is 30.3 Å². The summed E-state index contributed by atoms with van der Waals surface area (Å²) in [6, 6.07) is 11.4. The number of rotatable bonds is 6. The number of nitrogens with one attached hydrogen (secondary N) is 2. The molecule has 0 saturated carbocycles. The summed E-state index contributed by atoms with van der Waals surface area (Å²) in [5.74, 6) is -0.789. The van der Waals surface area contributed by atoms with Gasteiger partial charge in [-0.15, -0.1) is 0 Å². The first-order chi connectivity index (χ1) is 14.6. The minimum atomic E-state index is -0.839. The number of nitrogens with zero attached hydrogens (tertiary/aromatic N) is 2. The average molecular weight is 410 g/mol. The smallest absolute Gasteiger partial charge is 0.308 e. The third-order valence-corrected chi connectivity index (χ3v) is 5.59. The molecule has 8 nitrogen and oxygen atoms in total. The Labute approximate surface area is 175 Å². The van der Waals surface area contributed by atoms with Gasteiger partial charge in [0.25, 0.3) is 5.91 Å². The molecule has 1 amide bonds. The predicted molar refractivity (Wildman–Crippen MR) is 110 cm³/mol. The van der Waals surface area contributed by atoms with Gasteiger partial charge in [0.05, 0.1) is 23.9 Å². The van der Waals surface area contributed by atoms with Crippen molar-refractivity contribution in [3.63, 3.8) is 0 Å². The molecule has 2 aromatic rings. The summed E-state index contributed by atoms with van der Waals surface area (Å²) >= 11 is 0. The number of benzene rings is 1. The average Bonchev–Trinajstić information content (AvgIpc) is 3.33. The van der Waals surface area contributed by atoms with Crippen molar-refractivity contribution in [3.05, 3.63) is 59.4 Å². The molecule has 30 heavy (non-hydrogen) atoms. The van der Waals surface area contributed by atoms with Crippen LogP contribution in [0.3, 0.4) is 0 Å². The summed E-state index contributed by atoms with van der Waals surface area (Å²) in [5.41, 5.74) is 8.68. The fourth-order valence-electron chi connectivity index (χ4n) is 3.90. The van der Waals surface area contributed by atoms with Crippen molar-refractivity contribution in [2.45, 2.75) is 31.9 Å². The van der Waals surface area contributed by atoms with Gasteiger partial charge in [-0.25, -0.2) is 5.43 Å². The van der Waals surface area contributed by atoms with Crippen molar-refractivity contribution < 1.29 is 19.4 Å². The van der Waals surface area contributed by atoms with Crippen LogP contribution in [0.5, 0.6) is 5.75 Å². The molecule has 1 unspecified atom stereocenters. The number of hydrazine groups is 1. The largest absolute Gasteiger partial charge is 0.487 e. The standard InChI is InChI=1S/C22H26N4O4/c27-21(26-10-2-5-17(13-26)22(28)29)16-4-1-3-15(11-16)14-30-18-6-7-19(23-12-18)20-8-9-24-25-20/h1,3-4,6-7,11-12,17,20,24-25H,2,5,8-10,13-14H2,(H,28,29)/t17-,20?/m0/s1. The van der Waals surface area contributed by atoms with Gasteiger partial charge in [-0.1, -0.05) is 12.1 Å². The van der Waals surface area contributed by atoms with Gasteiger partial charge < -0.3 is 14.7 Å². The monoisotopic (exact) mass is 410 g/mol. The summed E-state index contributed by atoms with van der Waals surface area (Å²) < 4.78 is 5.84. The number of likely N-dealkylation sites (tertiary alicyclic amines) is 1. The molecule has 3 heterocycles. The molecule has 2 saturated heterocycles. The molecule has 3 N–H and O–H groups in total. The number of aromatic nitrogens is 1. The number of ether oxygens (including phenoxy) is 1. The van der Waals surface area contributed by atoms with E-state index >= 15 is 0 Å². The Morgan fingerprint density at radius 3 is 2.87 bits per heavy atom. The van der Waals surface area contributed by atoms with E-state index < -0.39 is 11.9 Å². The zero-order chi connectivity index (χ0) is 20.9. The molecule has 2 aliphatic heterocycles. The molecule has 0 spiro atoms. The number of carbonyl (C=O) groups is 2. The molecule has 158 valence electrons. The van der Waals surface area contributed by atoms with Gasteiger partial charge in [0, 0.05) is 25.2 Å². The van der Waals surface area contributed by atoms with Crippen LogP contribution in [-0.2, 0) is 11.4 Å². The first-order valence-corrected chi connectivity index (χ1v) is 10.3. The van der Waals surface area contributed by atoms with Gasteiger partial charge in [0.2, 0.25) is 0 Å². The molecule has 2 aliphatic rings. The van der Waals surface area contributed by atoms with Crippen LogP contribution in [0.1, 0.15) is 46.9 Å². The van der Waals surface area contributed by atoms with Crippen LogP contribution in [0.15, 0.2) is 42.6 Å². The second-order valence-corrected chi connectivity index (χ2v) is 7.75. The molecule has 0 radical (unpaired) electrons. The van der Waals surface area contributed by atoms with Crippen molar-refractivity contribution in [2.24, 2.45) is 5.92 Å². The number of amides is 1. The molecule has 2 atom stereocenters. The summed E-state index contributed by atoms with van der Waals surface area (Å²) in [5, 5.41) is 9.24. The second kappa shape index (κ2) is 9.23. The third-order valence-electron chi connectivity index (χ3n) is 5.59. The molecule has 4 rings (SSSR count). The molecule has 0 bridgehead atoms. The number of aliphatic carboxylic acids is 1. The van der Waals surface area contributed by atoms with Gasteiger partial charge >= 0.3 is 5.97 Å². The molecule has 0 aliphatic carbocycles. The van der Waals surface area contributed by atoms with Crippen molar-refractivity contribution >= 4 is 11.9 Å². The van der Waals surface area contributed by atoms with Crippen LogP contribution < -0.4 is 15.6 Å². The fraction of sp³-hybridized carbons (Fsp3) is 0.409. The summed E-state index contributed by atoms with van der Waals surface area (Å²) in [7, 11) is 0. The number of pyridine rings is 1. The number of carboxylic acids is 1. The van der Waals surface area contributed by atoms with E-state index in [0.29, 0.717) is 37.3 Å². The van der Waals surface area contributed by atoms with Crippen LogP contribution in [0, 0.1) is 5.92 Å². The minimum Gasteiger partial charge on any atom is -0.487 e. The number of hydrogen-bond donors (Lipinski definition) is 3. The lowest BCUT2D eigenvalue weighted by molar-refractivity contribution is -0.143. The lowest BCUT2D eigenvalue weighted by atomic mass is 9.97. The van der Waals surface area contributed by atoms with Crippen molar-refractivity contribution in [1.82, 2.24) is 20.7 Å². The van der Waals surface area contributed by atoms with Gasteiger partial charge in [-0.3, -0.25) is 20.0 Å². The Bertz CT molecular complexity index is 896. The van der Waals surface area contributed by atoms with E-state index in [9.17, 15) is 14.7 Å². The quantitative estimate of drug-likeness (QED) is 0.670. The molecule has 1 aromatic heterocycles. The third kappa shape index (κ3) is 4.77. The predicted octanol–water partition coefficient (Wildman–Crippen LogP) is 2.14. The SMILES string of the molecule is O=C(O)[C@H]1CCCN(C(=O)c2cccc(COc3ccc(C4CCNN4)nc3)c2)C1. The van der Waals surface area contributed by atoms with Crippen LogP contribution in [0.4, 0.5) is 0 Å². The van der Waals surface area contributed by atoms with E-state index in [-0.39, 0.29) is 18.5 Å². The molecule has 8 heteroatoms. The van der Waals surface area contributed by atoms with Crippen molar-refractivity contribution in [3.8, 4) is 5.75 Å². The van der Waals surface area contributed by atoms with E-state index in [2.05, 4.69) is 15.8 Å². The summed E-state index contributed by atoms with van der Waals surface area (Å²) in [6.07, 6.45) is 4.04. The van der Waals surface area contributed by atoms with Crippen LogP contribution in [-0.4, -0.2) is 46.5 Å². The highest BCUT2D eigenvalue weighted by Gasteiger charge is 2.28. The lowest BCUT2D eigenvalue weighted by Gasteiger charge is -2.30. The number of hydrogen-bond acceptors (Lipinski definition) is 6. The van der Waals surface area contributed by atoms with Crippen LogP contribution in [0.2, 0.25) is 0 Å². The van der Waals surface area contributed by atoms with Crippen molar-refractivity contribution in [2.75, 3.05) is 19.6 Å². The summed E-state index contributed by atoms with van der Waals surface area (Å²) in [4.78, 5) is 30.2. The van der Waals surface area contributed by atoms with Crippen molar-refractivity contribution in [1.29, 1.82) is 0 Å². The normalized spacial score (nSPS) is 21.4. The van der Waals surface area contributed by atoms with Gasteiger partial charge in [-0.2, -0.15) is 0 Å². The second-order valence-electron chi connectivity index (χ2n) is 7.75. The zero-order valence-electron chi connectivity index (χ0n) is 16.7. The first-order valence-electron chi connectivity index (χ1n) is 10.3. The van der Waals surface area contributed by atoms with Gasteiger partial charge in [0.1, 0.15) is 12.4 Å². The Morgan fingerprint density at radius 1 is 1.23 bits per heavy atom. The van der Waals surface area contributed by atoms with E-state index in [1.165, 1.54) is 0 Å². The van der Waals surface area contributed by atoms with Crippen LogP contribution >= 0.6 is 0 Å². The molecule has 2 fully saturated rings. The zero-order valence-corrected chi connectivity index (χ0v) is 16.7. The minimum absolute atomic E-state index is 0.133. The van der Waals surface area contributed by atoms with E-state index in [0.717, 1.165) is 24.2 Å². The lowest BCUT2D eigenvalue weighted by Crippen LogP contribution is -2.42. The highest BCUT2D eigenvalue weighted by atomic mass is 16.5. The maximum absolute atomic E-state index is 12.8. The Morgan fingerprint density at radius 2 is 2.13 bits per heavy atom. The number of piperidine rings is 1. The first kappa shape index (κ1) is 20.3. The number of carboxylic acid groups (broad SMARTS) is 1. The Kier molecular flexibility index (Phi) is 6.25. The maximum Gasteiger partial charge on any atom is 0.308 e. The van der Waals surface area contributed by atoms with Gasteiger partial charge in [0.15, 0.2) is 0 Å². The molecule has 1 aromatic carbocycles. The highest BCUT2D eigenvalue weighted by Crippen LogP contribution is 2.21. The number of carbonyl (C=O) groups excluding carboxylic acids is 1. The van der Waals surface area contributed by atoms with Gasteiger partial charge in [-0.05, 0) is 49.1 Å². The molecular formula is C22H26N4O4.